The predicted molar refractivity (Wildman–Crippen MR) is 238 cm³/mol. The van der Waals surface area contributed by atoms with E-state index in [1.807, 2.05) is 24.3 Å². The molecule has 1 unspecified atom stereocenters. The average Bonchev–Trinajstić information content (AvgIpc) is 2.11. The highest BCUT2D eigenvalue weighted by Crippen LogP contribution is 2.40. The average molecular weight is 765 g/mol. The molecule has 1 atom stereocenters. The van der Waals surface area contributed by atoms with Crippen molar-refractivity contribution in [3.8, 4) is 39.6 Å². The first-order valence-electron chi connectivity index (χ1n) is 29.0. The van der Waals surface area contributed by atoms with Crippen LogP contribution in [0.15, 0.2) is 192 Å². The smallest absolute Gasteiger partial charge is 0.164 e. The van der Waals surface area contributed by atoms with Crippen LogP contribution in [0.2, 0.25) is 0 Å². The normalized spacial score (nSPS) is 19.5. The molecule has 0 spiro atoms. The van der Waals surface area contributed by atoms with E-state index in [4.69, 9.17) is 33.1 Å². The third-order valence-corrected chi connectivity index (χ3v) is 9.91. The number of para-hydroxylation sites is 1. The number of nitrogens with zero attached hydrogens (tertiary/aromatic N) is 4. The third kappa shape index (κ3) is 5.28. The molecule has 8 aromatic carbocycles. The molecule has 0 saturated heterocycles. The molecule has 0 N–H and O–H groups in total. The molecule has 11 aromatic rings. The Hall–Kier alpha value is -7.63. The zero-order valence-corrected chi connectivity index (χ0v) is 29.7. The van der Waals surface area contributed by atoms with Crippen molar-refractivity contribution in [3.63, 3.8) is 0 Å². The molecule has 0 bridgehead atoms. The highest BCUT2D eigenvalue weighted by Gasteiger charge is 2.21. The summed E-state index contributed by atoms with van der Waals surface area (Å²) in [4.78, 5) is 14.3. The Labute approximate surface area is 364 Å². The summed E-state index contributed by atoms with van der Waals surface area (Å²) in [6, 6.07) is -8.40. The van der Waals surface area contributed by atoms with Gasteiger partial charge >= 0.3 is 0 Å². The van der Waals surface area contributed by atoms with E-state index in [1.54, 1.807) is 30.3 Å². The minimum Gasteiger partial charge on any atom is -0.456 e. The van der Waals surface area contributed by atoms with Gasteiger partial charge in [-0.2, -0.15) is 0 Å². The summed E-state index contributed by atoms with van der Waals surface area (Å²) in [5, 5.41) is -3.62. The predicted octanol–water partition coefficient (Wildman–Crippen LogP) is 13.8. The van der Waals surface area contributed by atoms with Crippen LogP contribution >= 0.6 is 0 Å². The van der Waals surface area contributed by atoms with E-state index in [9.17, 15) is 16.4 Å². The Morgan fingerprint density at radius 1 is 0.552 bits per heavy atom. The molecule has 1 aliphatic carbocycles. The molecular formula is C53H34N4O. The monoisotopic (exact) mass is 764 g/mol. The maximum absolute atomic E-state index is 9.85. The van der Waals surface area contributed by atoms with Crippen LogP contribution in [-0.4, -0.2) is 19.5 Å². The van der Waals surface area contributed by atoms with Crippen molar-refractivity contribution in [2.24, 2.45) is 0 Å². The molecule has 58 heavy (non-hydrogen) atoms. The molecule has 3 heterocycles. The van der Waals surface area contributed by atoms with E-state index in [2.05, 4.69) is 0 Å². The molecule has 12 rings (SSSR count). The highest BCUT2D eigenvalue weighted by atomic mass is 16.3. The van der Waals surface area contributed by atoms with Crippen molar-refractivity contribution in [1.82, 2.24) is 19.5 Å². The standard InChI is InChI=1S/C53H34N4O/c1-3-12-34(13-4-1)51-54-52(35-14-5-2-6-15-35)56-53(55-51)44-19-11-21-48-50(44)43-27-25-39(32-49(43)58-48)38-23-22-33-24-26-41(29-40(33)28-38)57-46-20-10-9-18-42(46)45-30-36-16-7-8-17-37(36)31-47(45)57/h1-14,16-32,35H,15H2/i7D,8D,9D,10D,11D,16D,17D,18D,19D,20D,21D,22D,23D,24D,25D,26D,27D,28D,29D,30D,31D,32D. The van der Waals surface area contributed by atoms with Crippen LogP contribution < -0.4 is 0 Å². The lowest BCUT2D eigenvalue weighted by molar-refractivity contribution is 0.669. The van der Waals surface area contributed by atoms with Gasteiger partial charge < -0.3 is 8.98 Å². The molecule has 5 nitrogen and oxygen atoms in total. The van der Waals surface area contributed by atoms with E-state index in [0.29, 0.717) is 17.8 Å². The fourth-order valence-corrected chi connectivity index (χ4v) is 7.20. The van der Waals surface area contributed by atoms with Crippen LogP contribution in [0.25, 0.3) is 105 Å². The fourth-order valence-electron chi connectivity index (χ4n) is 7.20. The molecule has 0 fully saturated rings. The summed E-state index contributed by atoms with van der Waals surface area (Å²) in [6.07, 6.45) is 8.00. The van der Waals surface area contributed by atoms with E-state index in [1.165, 1.54) is 0 Å². The molecule has 0 aliphatic heterocycles. The van der Waals surface area contributed by atoms with E-state index >= 15 is 0 Å². The van der Waals surface area contributed by atoms with Crippen molar-refractivity contribution in [2.45, 2.75) is 12.3 Å². The van der Waals surface area contributed by atoms with Crippen molar-refractivity contribution >= 4 is 65.3 Å². The van der Waals surface area contributed by atoms with Crippen molar-refractivity contribution < 1.29 is 34.6 Å². The topological polar surface area (TPSA) is 56.7 Å². The minimum atomic E-state index is -0.924. The summed E-state index contributed by atoms with van der Waals surface area (Å²) in [5.74, 6) is -0.0160. The third-order valence-electron chi connectivity index (χ3n) is 9.91. The lowest BCUT2D eigenvalue weighted by atomic mass is 9.98. The summed E-state index contributed by atoms with van der Waals surface area (Å²) in [7, 11) is 0. The van der Waals surface area contributed by atoms with Crippen LogP contribution in [0.1, 0.15) is 48.3 Å². The summed E-state index contributed by atoms with van der Waals surface area (Å²) in [5.41, 5.74) is -3.71. The second-order valence-electron chi connectivity index (χ2n) is 13.4. The van der Waals surface area contributed by atoms with Crippen LogP contribution in [0.5, 0.6) is 0 Å². The van der Waals surface area contributed by atoms with Crippen LogP contribution in [0.4, 0.5) is 0 Å². The van der Waals surface area contributed by atoms with Gasteiger partial charge in [0.1, 0.15) is 17.0 Å². The van der Waals surface area contributed by atoms with Crippen molar-refractivity contribution in [1.29, 1.82) is 0 Å². The summed E-state index contributed by atoms with van der Waals surface area (Å²) < 4.78 is 209. The van der Waals surface area contributed by atoms with Crippen molar-refractivity contribution in [3.05, 3.63) is 193 Å². The van der Waals surface area contributed by atoms with Gasteiger partial charge in [0.05, 0.1) is 41.2 Å². The highest BCUT2D eigenvalue weighted by molar-refractivity contribution is 6.14. The van der Waals surface area contributed by atoms with E-state index in [-0.39, 0.29) is 33.9 Å². The number of rotatable bonds is 5. The van der Waals surface area contributed by atoms with Gasteiger partial charge in [-0.05, 0) is 93.5 Å². The molecule has 3 aromatic heterocycles. The number of benzene rings is 8. The van der Waals surface area contributed by atoms with Gasteiger partial charge in [-0.15, -0.1) is 0 Å². The largest absolute Gasteiger partial charge is 0.456 e. The van der Waals surface area contributed by atoms with E-state index < -0.39 is 204 Å². The first-order chi connectivity index (χ1) is 37.9. The second-order valence-corrected chi connectivity index (χ2v) is 13.4. The van der Waals surface area contributed by atoms with E-state index in [0.717, 1.165) is 4.57 Å². The summed E-state index contributed by atoms with van der Waals surface area (Å²) >= 11 is 0. The van der Waals surface area contributed by atoms with Gasteiger partial charge in [0, 0.05) is 44.3 Å². The number of fused-ring (bicyclic) bond motifs is 8. The molecule has 0 amide bonds. The second kappa shape index (κ2) is 13.0. The number of furan rings is 1. The number of hydrogen-bond donors (Lipinski definition) is 0. The van der Waals surface area contributed by atoms with Gasteiger partial charge in [0.25, 0.3) is 0 Å². The SMILES string of the molecule is [2H]c1c([2H])c(-c2nc(-c3ccccc3)nc(C3C=CC=CC3)n2)c2c(oc3c([2H])c(-c4c([2H])c([2H])c5c([2H])c([2H])c(-n6c7c([2H])c([2H])c([2H])c([2H])c7c7c([2H])c8c([2H])c([2H])c([2H])c([2H])c8c([2H])c76)c([2H])c5c4[2H])c([2H])c([2H])c32)c1[2H]. The Bertz CT molecular complexity index is 4780. The van der Waals surface area contributed by atoms with Gasteiger partial charge in [0.2, 0.25) is 0 Å². The zero-order chi connectivity index (χ0) is 57.3. The first kappa shape index (κ1) is 17.7. The van der Waals surface area contributed by atoms with Gasteiger partial charge in [-0.1, -0.05) is 133 Å². The lowest BCUT2D eigenvalue weighted by Gasteiger charge is -2.14. The van der Waals surface area contributed by atoms with Gasteiger partial charge in [0.15, 0.2) is 11.6 Å². The maximum Gasteiger partial charge on any atom is 0.164 e. The summed E-state index contributed by atoms with van der Waals surface area (Å²) in [6.45, 7) is 0. The maximum atomic E-state index is 9.85. The Balaban J connectivity index is 1.18. The molecule has 0 saturated carbocycles. The molecule has 0 radical (unpaired) electrons. The molecule has 5 heteroatoms. The van der Waals surface area contributed by atoms with Crippen LogP contribution in [0.3, 0.4) is 0 Å². The number of aromatic nitrogens is 4. The quantitative estimate of drug-likeness (QED) is 0.175. The Morgan fingerprint density at radius 3 is 2.26 bits per heavy atom. The van der Waals surface area contributed by atoms with Crippen LogP contribution in [0, 0.1) is 0 Å². The van der Waals surface area contributed by atoms with Crippen molar-refractivity contribution in [2.75, 3.05) is 0 Å². The van der Waals surface area contributed by atoms with Gasteiger partial charge in [-0.25, -0.2) is 15.0 Å². The molecular weight excluding hydrogens is 709 g/mol. The Kier molecular flexibility index (Phi) is 3.95. The lowest BCUT2D eigenvalue weighted by Crippen LogP contribution is -2.07. The molecule has 1 aliphatic rings. The number of allylic oxidation sites excluding steroid dienone is 4. The Morgan fingerprint density at radius 2 is 1.36 bits per heavy atom. The van der Waals surface area contributed by atoms with Gasteiger partial charge in [-0.3, -0.25) is 0 Å². The van der Waals surface area contributed by atoms with Crippen LogP contribution in [-0.2, 0) is 0 Å². The zero-order valence-electron chi connectivity index (χ0n) is 51.7. The molecule has 272 valence electrons. The first-order valence-corrected chi connectivity index (χ1v) is 18.0. The number of hydrogen-bond acceptors (Lipinski definition) is 4. The fraction of sp³-hybridized carbons (Fsp3) is 0.0377. The minimum absolute atomic E-state index is 0.147.